The van der Waals surface area contributed by atoms with Crippen molar-refractivity contribution in [3.63, 3.8) is 0 Å². The van der Waals surface area contributed by atoms with Gasteiger partial charge in [0.25, 0.3) is 0 Å². The van der Waals surface area contributed by atoms with Crippen molar-refractivity contribution in [1.29, 1.82) is 0 Å². The maximum absolute atomic E-state index is 5.97. The number of hydrogen-bond acceptors (Lipinski definition) is 1. The minimum Gasteiger partial charge on any atom is -0.381 e. The Kier molecular flexibility index (Phi) is 6.12. The van der Waals surface area contributed by atoms with Crippen molar-refractivity contribution < 1.29 is 4.74 Å². The van der Waals surface area contributed by atoms with Crippen LogP contribution in [0.1, 0.15) is 37.2 Å². The van der Waals surface area contributed by atoms with E-state index in [0.29, 0.717) is 5.92 Å². The Bertz CT molecular complexity index is 649. The standard InChI is InChI=1S/C22H25ClO/c1-24-16-2-3-17-4-6-18(7-5-17)19-8-10-20(11-9-19)21-12-14-22(23)15-13-21/h2-3,8-15,17-18H,4-7,16H2,1H3. The summed E-state index contributed by atoms with van der Waals surface area (Å²) < 4.78 is 5.08. The third-order valence-corrected chi connectivity index (χ3v) is 5.25. The SMILES string of the molecule is COCC=CC1CCC(c2ccc(-c3ccc(Cl)cc3)cc2)CC1. The maximum atomic E-state index is 5.97. The van der Waals surface area contributed by atoms with Gasteiger partial charge in [-0.1, -0.05) is 60.2 Å². The Morgan fingerprint density at radius 2 is 1.50 bits per heavy atom. The van der Waals surface area contributed by atoms with Crippen LogP contribution in [0, 0.1) is 5.92 Å². The predicted molar refractivity (Wildman–Crippen MR) is 103 cm³/mol. The summed E-state index contributed by atoms with van der Waals surface area (Å²) in [5.74, 6) is 1.43. The highest BCUT2D eigenvalue weighted by atomic mass is 35.5. The third-order valence-electron chi connectivity index (χ3n) is 5.00. The van der Waals surface area contributed by atoms with Gasteiger partial charge in [0, 0.05) is 12.1 Å². The first-order valence-corrected chi connectivity index (χ1v) is 9.15. The van der Waals surface area contributed by atoms with Crippen LogP contribution in [0.15, 0.2) is 60.7 Å². The monoisotopic (exact) mass is 340 g/mol. The zero-order chi connectivity index (χ0) is 16.8. The second-order valence-corrected chi connectivity index (χ2v) is 7.06. The summed E-state index contributed by atoms with van der Waals surface area (Å²) in [6.45, 7) is 0.728. The molecular formula is C22H25ClO. The molecule has 0 saturated heterocycles. The molecule has 1 nitrogen and oxygen atoms in total. The highest BCUT2D eigenvalue weighted by molar-refractivity contribution is 6.30. The first-order valence-electron chi connectivity index (χ1n) is 8.78. The molecule has 1 aliphatic rings. The zero-order valence-electron chi connectivity index (χ0n) is 14.2. The Morgan fingerprint density at radius 3 is 2.08 bits per heavy atom. The first-order chi connectivity index (χ1) is 11.8. The summed E-state index contributed by atoms with van der Waals surface area (Å²) in [5, 5.41) is 0.784. The van der Waals surface area contributed by atoms with E-state index in [0.717, 1.165) is 17.5 Å². The van der Waals surface area contributed by atoms with Crippen LogP contribution < -0.4 is 0 Å². The van der Waals surface area contributed by atoms with E-state index in [4.69, 9.17) is 16.3 Å². The maximum Gasteiger partial charge on any atom is 0.0643 e. The van der Waals surface area contributed by atoms with E-state index >= 15 is 0 Å². The van der Waals surface area contributed by atoms with Gasteiger partial charge in [0.05, 0.1) is 6.61 Å². The van der Waals surface area contributed by atoms with Crippen LogP contribution in [0.5, 0.6) is 0 Å². The average molecular weight is 341 g/mol. The number of benzene rings is 2. The molecule has 0 radical (unpaired) electrons. The molecule has 0 atom stereocenters. The average Bonchev–Trinajstić information content (AvgIpc) is 2.63. The van der Waals surface area contributed by atoms with E-state index in [1.807, 2.05) is 12.1 Å². The lowest BCUT2D eigenvalue weighted by Gasteiger charge is -2.27. The fourth-order valence-electron chi connectivity index (χ4n) is 3.58. The molecule has 0 aromatic heterocycles. The molecule has 1 saturated carbocycles. The molecule has 2 heteroatoms. The molecular weight excluding hydrogens is 316 g/mol. The molecule has 3 rings (SSSR count). The van der Waals surface area contributed by atoms with Gasteiger partial charge in [-0.15, -0.1) is 0 Å². The molecule has 1 fully saturated rings. The molecule has 0 N–H and O–H groups in total. The fourth-order valence-corrected chi connectivity index (χ4v) is 3.71. The van der Waals surface area contributed by atoms with Crippen LogP contribution >= 0.6 is 11.6 Å². The van der Waals surface area contributed by atoms with Crippen molar-refractivity contribution in [2.45, 2.75) is 31.6 Å². The van der Waals surface area contributed by atoms with Crippen LogP contribution in [0.25, 0.3) is 11.1 Å². The van der Waals surface area contributed by atoms with E-state index < -0.39 is 0 Å². The number of ether oxygens (including phenoxy) is 1. The van der Waals surface area contributed by atoms with Gasteiger partial charge in [-0.2, -0.15) is 0 Å². The van der Waals surface area contributed by atoms with Crippen molar-refractivity contribution in [2.75, 3.05) is 13.7 Å². The Balaban J connectivity index is 1.59. The number of rotatable bonds is 5. The van der Waals surface area contributed by atoms with Gasteiger partial charge in [-0.05, 0) is 66.3 Å². The van der Waals surface area contributed by atoms with Crippen molar-refractivity contribution in [3.8, 4) is 11.1 Å². The van der Waals surface area contributed by atoms with Crippen molar-refractivity contribution in [1.82, 2.24) is 0 Å². The Hall–Kier alpha value is -1.57. The second kappa shape index (κ2) is 8.50. The first kappa shape index (κ1) is 17.3. The normalized spacial score (nSPS) is 21.2. The van der Waals surface area contributed by atoms with Crippen LogP contribution in [-0.2, 0) is 4.74 Å². The molecule has 0 heterocycles. The molecule has 0 aliphatic heterocycles. The molecule has 0 bridgehead atoms. The minimum atomic E-state index is 0.705. The molecule has 24 heavy (non-hydrogen) atoms. The smallest absolute Gasteiger partial charge is 0.0643 e. The van der Waals surface area contributed by atoms with Gasteiger partial charge in [-0.3, -0.25) is 0 Å². The summed E-state index contributed by atoms with van der Waals surface area (Å²) in [6.07, 6.45) is 9.62. The van der Waals surface area contributed by atoms with Crippen molar-refractivity contribution in [2.24, 2.45) is 5.92 Å². The van der Waals surface area contributed by atoms with Crippen LogP contribution in [0.4, 0.5) is 0 Å². The lowest BCUT2D eigenvalue weighted by molar-refractivity contribution is 0.233. The summed E-state index contributed by atoms with van der Waals surface area (Å²) >= 11 is 5.97. The van der Waals surface area contributed by atoms with Gasteiger partial charge < -0.3 is 4.74 Å². The third kappa shape index (κ3) is 4.49. The fraction of sp³-hybridized carbons (Fsp3) is 0.364. The van der Waals surface area contributed by atoms with Gasteiger partial charge >= 0.3 is 0 Å². The Labute approximate surface area is 150 Å². The largest absolute Gasteiger partial charge is 0.381 e. The molecule has 126 valence electrons. The van der Waals surface area contributed by atoms with Crippen LogP contribution in [0.3, 0.4) is 0 Å². The molecule has 1 aliphatic carbocycles. The summed E-state index contributed by atoms with van der Waals surface area (Å²) in [7, 11) is 1.74. The number of allylic oxidation sites excluding steroid dienone is 1. The van der Waals surface area contributed by atoms with Gasteiger partial charge in [0.2, 0.25) is 0 Å². The Morgan fingerprint density at radius 1 is 0.917 bits per heavy atom. The molecule has 0 spiro atoms. The molecule has 0 unspecified atom stereocenters. The lowest BCUT2D eigenvalue weighted by Crippen LogP contribution is -2.11. The molecule has 2 aromatic rings. The quantitative estimate of drug-likeness (QED) is 0.566. The molecule has 2 aromatic carbocycles. The van der Waals surface area contributed by atoms with Gasteiger partial charge in [0.1, 0.15) is 0 Å². The summed E-state index contributed by atoms with van der Waals surface area (Å²) in [6, 6.07) is 17.1. The van der Waals surface area contributed by atoms with Crippen LogP contribution in [-0.4, -0.2) is 13.7 Å². The topological polar surface area (TPSA) is 9.23 Å². The number of hydrogen-bond donors (Lipinski definition) is 0. The van der Waals surface area contributed by atoms with E-state index in [1.54, 1.807) is 7.11 Å². The van der Waals surface area contributed by atoms with Crippen molar-refractivity contribution in [3.05, 3.63) is 71.3 Å². The molecule has 0 amide bonds. The zero-order valence-corrected chi connectivity index (χ0v) is 15.0. The highest BCUT2D eigenvalue weighted by Crippen LogP contribution is 2.37. The van der Waals surface area contributed by atoms with Gasteiger partial charge in [-0.25, -0.2) is 0 Å². The van der Waals surface area contributed by atoms with E-state index in [2.05, 4.69) is 48.6 Å². The predicted octanol–water partition coefficient (Wildman–Crippen LogP) is 6.48. The van der Waals surface area contributed by atoms with Crippen LogP contribution in [0.2, 0.25) is 5.02 Å². The van der Waals surface area contributed by atoms with Gasteiger partial charge in [0.15, 0.2) is 0 Å². The van der Waals surface area contributed by atoms with E-state index in [1.165, 1.54) is 42.4 Å². The number of methoxy groups -OCH3 is 1. The number of halogens is 1. The summed E-state index contributed by atoms with van der Waals surface area (Å²) in [5.41, 5.74) is 3.96. The highest BCUT2D eigenvalue weighted by Gasteiger charge is 2.20. The second-order valence-electron chi connectivity index (χ2n) is 6.62. The minimum absolute atomic E-state index is 0.705. The lowest BCUT2D eigenvalue weighted by atomic mass is 9.78. The summed E-state index contributed by atoms with van der Waals surface area (Å²) in [4.78, 5) is 0. The van der Waals surface area contributed by atoms with E-state index in [9.17, 15) is 0 Å². The van der Waals surface area contributed by atoms with Crippen molar-refractivity contribution >= 4 is 11.6 Å². The van der Waals surface area contributed by atoms with E-state index in [-0.39, 0.29) is 0 Å².